The molecule has 0 aliphatic carbocycles. The van der Waals surface area contributed by atoms with E-state index < -0.39 is 0 Å². The van der Waals surface area contributed by atoms with Crippen molar-refractivity contribution in [2.24, 2.45) is 17.8 Å². The molecule has 0 aromatic carbocycles. The van der Waals surface area contributed by atoms with Gasteiger partial charge in [0, 0.05) is 19.5 Å². The van der Waals surface area contributed by atoms with Gasteiger partial charge in [0.2, 0.25) is 5.91 Å². The van der Waals surface area contributed by atoms with Gasteiger partial charge in [0.05, 0.1) is 0 Å². The highest BCUT2D eigenvalue weighted by Crippen LogP contribution is 2.26. The molecule has 2 heterocycles. The number of carbonyl (C=O) groups is 1. The number of nitrogens with zero attached hydrogens (tertiary/aromatic N) is 1. The minimum atomic E-state index is 0.387. The molecule has 1 atom stereocenters. The van der Waals surface area contributed by atoms with Crippen molar-refractivity contribution < 1.29 is 4.79 Å². The summed E-state index contributed by atoms with van der Waals surface area (Å²) in [5, 5.41) is 3.39. The van der Waals surface area contributed by atoms with Crippen LogP contribution in [0.4, 0.5) is 0 Å². The van der Waals surface area contributed by atoms with Gasteiger partial charge in [-0.15, -0.1) is 0 Å². The van der Waals surface area contributed by atoms with Crippen LogP contribution < -0.4 is 5.32 Å². The van der Waals surface area contributed by atoms with E-state index in [2.05, 4.69) is 24.1 Å². The molecular weight excluding hydrogens is 212 g/mol. The van der Waals surface area contributed by atoms with Crippen LogP contribution in [0.2, 0.25) is 0 Å². The van der Waals surface area contributed by atoms with E-state index in [1.165, 1.54) is 19.3 Å². The lowest BCUT2D eigenvalue weighted by molar-refractivity contribution is -0.127. The van der Waals surface area contributed by atoms with Crippen LogP contribution in [-0.4, -0.2) is 37.0 Å². The second-order valence-corrected chi connectivity index (χ2v) is 6.03. The zero-order valence-electron chi connectivity index (χ0n) is 11.2. The third-order valence-corrected chi connectivity index (χ3v) is 4.45. The van der Waals surface area contributed by atoms with Gasteiger partial charge in [0.25, 0.3) is 0 Å². The number of hydrogen-bond acceptors (Lipinski definition) is 2. The zero-order chi connectivity index (χ0) is 12.3. The molecule has 0 saturated carbocycles. The Balaban J connectivity index is 1.73. The molecule has 0 spiro atoms. The molecule has 17 heavy (non-hydrogen) atoms. The van der Waals surface area contributed by atoms with E-state index in [9.17, 15) is 4.79 Å². The highest BCUT2D eigenvalue weighted by atomic mass is 16.2. The van der Waals surface area contributed by atoms with Crippen LogP contribution in [0.5, 0.6) is 0 Å². The topological polar surface area (TPSA) is 32.3 Å². The second-order valence-electron chi connectivity index (χ2n) is 6.03. The van der Waals surface area contributed by atoms with Gasteiger partial charge in [-0.3, -0.25) is 4.79 Å². The van der Waals surface area contributed by atoms with Crippen LogP contribution in [0.1, 0.15) is 39.5 Å². The second kappa shape index (κ2) is 5.85. The van der Waals surface area contributed by atoms with Gasteiger partial charge in [-0.1, -0.05) is 13.8 Å². The van der Waals surface area contributed by atoms with Gasteiger partial charge in [-0.2, -0.15) is 0 Å². The van der Waals surface area contributed by atoms with Crippen LogP contribution >= 0.6 is 0 Å². The first-order valence-corrected chi connectivity index (χ1v) is 7.15. The molecule has 3 heteroatoms. The number of amides is 1. The number of rotatable bonds is 4. The number of nitrogens with one attached hydrogen (secondary N) is 1. The summed E-state index contributed by atoms with van der Waals surface area (Å²) in [6.45, 7) is 8.77. The molecule has 1 amide bonds. The molecule has 0 radical (unpaired) electrons. The van der Waals surface area contributed by atoms with E-state index in [0.29, 0.717) is 17.7 Å². The number of piperidine rings is 1. The summed E-state index contributed by atoms with van der Waals surface area (Å²) in [4.78, 5) is 14.0. The zero-order valence-corrected chi connectivity index (χ0v) is 11.2. The maximum Gasteiger partial charge on any atom is 0.222 e. The van der Waals surface area contributed by atoms with Gasteiger partial charge in [0.15, 0.2) is 0 Å². The van der Waals surface area contributed by atoms with Crippen molar-refractivity contribution in [2.75, 3.05) is 26.2 Å². The number of carbonyl (C=O) groups excluding carboxylic acids is 1. The molecule has 2 saturated heterocycles. The van der Waals surface area contributed by atoms with E-state index in [1.807, 2.05) is 0 Å². The van der Waals surface area contributed by atoms with Crippen molar-refractivity contribution in [1.29, 1.82) is 0 Å². The molecule has 98 valence electrons. The van der Waals surface area contributed by atoms with Crippen LogP contribution in [0.3, 0.4) is 0 Å². The van der Waals surface area contributed by atoms with Gasteiger partial charge in [0.1, 0.15) is 0 Å². The SMILES string of the molecule is CC(C)C1CC(=O)N(CCC2CCNCC2)C1. The third kappa shape index (κ3) is 3.44. The van der Waals surface area contributed by atoms with Crippen LogP contribution in [0, 0.1) is 17.8 Å². The summed E-state index contributed by atoms with van der Waals surface area (Å²) in [5.41, 5.74) is 0. The Morgan fingerprint density at radius 2 is 2.06 bits per heavy atom. The predicted octanol–water partition coefficient (Wildman–Crippen LogP) is 1.88. The molecule has 2 fully saturated rings. The third-order valence-electron chi connectivity index (χ3n) is 4.45. The first-order chi connectivity index (χ1) is 8.16. The van der Waals surface area contributed by atoms with Crippen molar-refractivity contribution >= 4 is 5.91 Å². The molecule has 2 rings (SSSR count). The van der Waals surface area contributed by atoms with E-state index in [1.54, 1.807) is 0 Å². The summed E-state index contributed by atoms with van der Waals surface area (Å²) in [6.07, 6.45) is 4.56. The minimum absolute atomic E-state index is 0.387. The summed E-state index contributed by atoms with van der Waals surface area (Å²) in [6, 6.07) is 0. The van der Waals surface area contributed by atoms with Gasteiger partial charge in [-0.05, 0) is 50.1 Å². The number of likely N-dealkylation sites (tertiary alicyclic amines) is 1. The Labute approximate surface area is 105 Å². The van der Waals surface area contributed by atoms with E-state index in [0.717, 1.165) is 38.5 Å². The molecule has 0 aromatic rings. The van der Waals surface area contributed by atoms with Crippen molar-refractivity contribution in [3.05, 3.63) is 0 Å². The standard InChI is InChI=1S/C14H26N2O/c1-11(2)13-9-14(17)16(10-13)8-5-12-3-6-15-7-4-12/h11-13,15H,3-10H2,1-2H3. The first-order valence-electron chi connectivity index (χ1n) is 7.15. The largest absolute Gasteiger partial charge is 0.342 e. The van der Waals surface area contributed by atoms with Crippen LogP contribution in [0.15, 0.2) is 0 Å². The van der Waals surface area contributed by atoms with Crippen LogP contribution in [0.25, 0.3) is 0 Å². The van der Waals surface area contributed by atoms with Crippen molar-refractivity contribution in [1.82, 2.24) is 10.2 Å². The summed E-state index contributed by atoms with van der Waals surface area (Å²) >= 11 is 0. The monoisotopic (exact) mass is 238 g/mol. The lowest BCUT2D eigenvalue weighted by atomic mass is 9.94. The van der Waals surface area contributed by atoms with E-state index in [-0.39, 0.29) is 0 Å². The average Bonchev–Trinajstić information content (AvgIpc) is 2.70. The molecule has 2 aliphatic heterocycles. The highest BCUT2D eigenvalue weighted by molar-refractivity contribution is 5.78. The molecule has 0 aromatic heterocycles. The normalized spacial score (nSPS) is 27.1. The van der Waals surface area contributed by atoms with E-state index in [4.69, 9.17) is 0 Å². The van der Waals surface area contributed by atoms with Crippen LogP contribution in [-0.2, 0) is 4.79 Å². The summed E-state index contributed by atoms with van der Waals surface area (Å²) < 4.78 is 0. The molecule has 1 unspecified atom stereocenters. The lowest BCUT2D eigenvalue weighted by Gasteiger charge is -2.25. The van der Waals surface area contributed by atoms with Crippen molar-refractivity contribution in [3.63, 3.8) is 0 Å². The maximum atomic E-state index is 11.9. The fourth-order valence-electron chi connectivity index (χ4n) is 2.97. The van der Waals surface area contributed by atoms with Gasteiger partial charge >= 0.3 is 0 Å². The fraction of sp³-hybridized carbons (Fsp3) is 0.929. The Morgan fingerprint density at radius 3 is 2.65 bits per heavy atom. The first kappa shape index (κ1) is 12.9. The van der Waals surface area contributed by atoms with Gasteiger partial charge in [-0.25, -0.2) is 0 Å². The average molecular weight is 238 g/mol. The minimum Gasteiger partial charge on any atom is -0.342 e. The quantitative estimate of drug-likeness (QED) is 0.811. The van der Waals surface area contributed by atoms with Gasteiger partial charge < -0.3 is 10.2 Å². The summed E-state index contributed by atoms with van der Waals surface area (Å²) in [7, 11) is 0. The predicted molar refractivity (Wildman–Crippen MR) is 69.7 cm³/mol. The Bertz CT molecular complexity index is 259. The Kier molecular flexibility index (Phi) is 4.43. The summed E-state index contributed by atoms with van der Waals surface area (Å²) in [5.74, 6) is 2.46. The lowest BCUT2D eigenvalue weighted by Crippen LogP contribution is -2.32. The van der Waals surface area contributed by atoms with Crippen molar-refractivity contribution in [2.45, 2.75) is 39.5 Å². The number of hydrogen-bond donors (Lipinski definition) is 1. The smallest absolute Gasteiger partial charge is 0.222 e. The molecular formula is C14H26N2O. The van der Waals surface area contributed by atoms with Crippen molar-refractivity contribution in [3.8, 4) is 0 Å². The highest BCUT2D eigenvalue weighted by Gasteiger charge is 2.31. The molecule has 3 nitrogen and oxygen atoms in total. The molecule has 2 aliphatic rings. The Hall–Kier alpha value is -0.570. The Morgan fingerprint density at radius 1 is 1.35 bits per heavy atom. The fourth-order valence-corrected chi connectivity index (χ4v) is 2.97. The van der Waals surface area contributed by atoms with E-state index >= 15 is 0 Å². The maximum absolute atomic E-state index is 11.9. The molecule has 1 N–H and O–H groups in total. The molecule has 0 bridgehead atoms.